The maximum Gasteiger partial charge on any atom is 0.433 e. The number of aromatic nitrogens is 3. The van der Waals surface area contributed by atoms with Crippen LogP contribution < -0.4 is 5.43 Å². The van der Waals surface area contributed by atoms with E-state index >= 15 is 0 Å². The summed E-state index contributed by atoms with van der Waals surface area (Å²) in [6, 6.07) is 5.90. The number of hydrazone groups is 1. The number of aromatic amines is 1. The van der Waals surface area contributed by atoms with Crippen molar-refractivity contribution in [2.24, 2.45) is 5.10 Å². The number of H-pyrrole nitrogens is 1. The zero-order valence-corrected chi connectivity index (χ0v) is 12.0. The van der Waals surface area contributed by atoms with Crippen LogP contribution in [-0.2, 0) is 0 Å². The first-order valence-electron chi connectivity index (χ1n) is 6.67. The lowest BCUT2D eigenvalue weighted by molar-refractivity contribution is -0.401. The molecular weight excluding hydrogens is 316 g/mol. The predicted molar refractivity (Wildman–Crippen MR) is 82.2 cm³/mol. The van der Waals surface area contributed by atoms with Crippen LogP contribution >= 0.6 is 0 Å². The Hall–Kier alpha value is -3.82. The van der Waals surface area contributed by atoms with Crippen LogP contribution in [0.2, 0.25) is 0 Å². The summed E-state index contributed by atoms with van der Waals surface area (Å²) in [4.78, 5) is 25.7. The molecule has 0 atom stereocenters. The molecule has 0 saturated heterocycles. The van der Waals surface area contributed by atoms with Gasteiger partial charge in [-0.1, -0.05) is 0 Å². The predicted octanol–water partition coefficient (Wildman–Crippen LogP) is 1.74. The fourth-order valence-corrected chi connectivity index (χ4v) is 1.87. The van der Waals surface area contributed by atoms with Gasteiger partial charge in [0.2, 0.25) is 0 Å². The van der Waals surface area contributed by atoms with Crippen molar-refractivity contribution in [1.82, 2.24) is 20.6 Å². The second-order valence-corrected chi connectivity index (χ2v) is 4.53. The van der Waals surface area contributed by atoms with Crippen molar-refractivity contribution < 1.29 is 14.1 Å². The molecule has 0 saturated carbocycles. The number of pyridine rings is 1. The van der Waals surface area contributed by atoms with E-state index in [-0.39, 0.29) is 11.6 Å². The van der Waals surface area contributed by atoms with Crippen molar-refractivity contribution in [3.8, 4) is 11.5 Å². The summed E-state index contributed by atoms with van der Waals surface area (Å²) in [5, 5.41) is 21.1. The first-order valence-corrected chi connectivity index (χ1v) is 6.67. The van der Waals surface area contributed by atoms with Crippen LogP contribution in [-0.4, -0.2) is 32.2 Å². The average Bonchev–Trinajstić information content (AvgIpc) is 3.24. The molecule has 3 rings (SSSR count). The van der Waals surface area contributed by atoms with Gasteiger partial charge >= 0.3 is 5.88 Å². The molecule has 3 heterocycles. The summed E-state index contributed by atoms with van der Waals surface area (Å²) >= 11 is 0. The number of rotatable bonds is 5. The summed E-state index contributed by atoms with van der Waals surface area (Å²) in [6.45, 7) is 0. The third-order valence-electron chi connectivity index (χ3n) is 2.97. The van der Waals surface area contributed by atoms with E-state index in [9.17, 15) is 14.9 Å². The number of hydrogen-bond donors (Lipinski definition) is 2. The van der Waals surface area contributed by atoms with Crippen LogP contribution in [0.25, 0.3) is 11.5 Å². The van der Waals surface area contributed by atoms with Crippen molar-refractivity contribution in [3.63, 3.8) is 0 Å². The Morgan fingerprint density at radius 3 is 3.00 bits per heavy atom. The number of nitro groups is 1. The minimum absolute atomic E-state index is 0.211. The second-order valence-electron chi connectivity index (χ2n) is 4.53. The zero-order chi connectivity index (χ0) is 16.9. The Bertz CT molecular complexity index is 899. The van der Waals surface area contributed by atoms with Gasteiger partial charge in [-0.15, -0.1) is 0 Å². The van der Waals surface area contributed by atoms with Crippen molar-refractivity contribution in [2.75, 3.05) is 0 Å². The van der Waals surface area contributed by atoms with E-state index in [0.29, 0.717) is 16.8 Å². The molecular formula is C14H10N6O4. The molecule has 0 fully saturated rings. The number of carbonyl (C=O) groups excluding carboxylic acids is 1. The first kappa shape index (κ1) is 15.1. The van der Waals surface area contributed by atoms with E-state index in [2.05, 4.69) is 25.7 Å². The zero-order valence-electron chi connectivity index (χ0n) is 12.0. The van der Waals surface area contributed by atoms with Gasteiger partial charge in [0.15, 0.2) is 5.76 Å². The van der Waals surface area contributed by atoms with Crippen LogP contribution in [0, 0.1) is 10.1 Å². The molecule has 0 unspecified atom stereocenters. The SMILES string of the molecule is O=C(NN=Cc1c[nH]nc1-c1ccc([N+](=O)[O-])o1)c1cccnc1. The van der Waals surface area contributed by atoms with Gasteiger partial charge in [0, 0.05) is 24.2 Å². The molecule has 10 nitrogen and oxygen atoms in total. The fraction of sp³-hybridized carbons (Fsp3) is 0. The third-order valence-corrected chi connectivity index (χ3v) is 2.97. The quantitative estimate of drug-likeness (QED) is 0.416. The smallest absolute Gasteiger partial charge is 0.399 e. The van der Waals surface area contributed by atoms with Crippen molar-refractivity contribution >= 4 is 18.0 Å². The summed E-state index contributed by atoms with van der Waals surface area (Å²) in [7, 11) is 0. The largest absolute Gasteiger partial charge is 0.433 e. The lowest BCUT2D eigenvalue weighted by Gasteiger charge is -1.98. The van der Waals surface area contributed by atoms with Gasteiger partial charge in [-0.05, 0) is 18.2 Å². The highest BCUT2D eigenvalue weighted by atomic mass is 16.6. The molecule has 0 aromatic carbocycles. The Labute approximate surface area is 134 Å². The molecule has 0 aliphatic carbocycles. The van der Waals surface area contributed by atoms with Gasteiger partial charge < -0.3 is 4.42 Å². The minimum atomic E-state index is -0.641. The normalized spacial score (nSPS) is 10.8. The number of carbonyl (C=O) groups is 1. The summed E-state index contributed by atoms with van der Waals surface area (Å²) in [6.07, 6.45) is 5.83. The lowest BCUT2D eigenvalue weighted by Crippen LogP contribution is -2.17. The van der Waals surface area contributed by atoms with E-state index in [1.165, 1.54) is 30.7 Å². The van der Waals surface area contributed by atoms with Crippen LogP contribution in [0.1, 0.15) is 15.9 Å². The maximum atomic E-state index is 11.8. The van der Waals surface area contributed by atoms with E-state index < -0.39 is 10.8 Å². The molecule has 0 aliphatic heterocycles. The van der Waals surface area contributed by atoms with Gasteiger partial charge in [0.05, 0.1) is 17.8 Å². The molecule has 1 amide bonds. The lowest BCUT2D eigenvalue weighted by atomic mass is 10.2. The second kappa shape index (κ2) is 6.52. The Kier molecular flexibility index (Phi) is 4.10. The van der Waals surface area contributed by atoms with Crippen molar-refractivity contribution in [1.29, 1.82) is 0 Å². The van der Waals surface area contributed by atoms with Crippen LogP contribution in [0.4, 0.5) is 5.88 Å². The maximum absolute atomic E-state index is 11.8. The average molecular weight is 326 g/mol. The molecule has 3 aromatic heterocycles. The van der Waals surface area contributed by atoms with E-state index in [1.807, 2.05) is 0 Å². The molecule has 0 radical (unpaired) electrons. The van der Waals surface area contributed by atoms with Gasteiger partial charge in [0.25, 0.3) is 5.91 Å². The summed E-state index contributed by atoms with van der Waals surface area (Å²) < 4.78 is 5.09. The Balaban J connectivity index is 1.73. The number of hydrogen-bond acceptors (Lipinski definition) is 7. The van der Waals surface area contributed by atoms with Crippen LogP contribution in [0.15, 0.2) is 52.4 Å². The number of amides is 1. The van der Waals surface area contributed by atoms with Crippen molar-refractivity contribution in [2.45, 2.75) is 0 Å². The van der Waals surface area contributed by atoms with Gasteiger partial charge in [-0.25, -0.2) is 5.43 Å². The molecule has 0 spiro atoms. The highest BCUT2D eigenvalue weighted by molar-refractivity contribution is 5.95. The molecule has 0 aliphatic rings. The van der Waals surface area contributed by atoms with Crippen LogP contribution in [0.3, 0.4) is 0 Å². The number of nitrogens with one attached hydrogen (secondary N) is 2. The highest BCUT2D eigenvalue weighted by Crippen LogP contribution is 2.26. The number of nitrogens with zero attached hydrogens (tertiary/aromatic N) is 4. The standard InChI is InChI=1S/C14H10N6O4/c21-14(9-2-1-5-15-6-9)19-17-8-10-7-16-18-13(10)11-3-4-12(24-11)20(22)23/h1-8H,(H,16,18)(H,19,21). The van der Waals surface area contributed by atoms with Gasteiger partial charge in [-0.3, -0.25) is 25.0 Å². The minimum Gasteiger partial charge on any atom is -0.399 e. The monoisotopic (exact) mass is 326 g/mol. The molecule has 120 valence electrons. The van der Waals surface area contributed by atoms with E-state index in [1.54, 1.807) is 18.3 Å². The Morgan fingerprint density at radius 1 is 1.42 bits per heavy atom. The molecule has 24 heavy (non-hydrogen) atoms. The highest BCUT2D eigenvalue weighted by Gasteiger charge is 2.17. The Morgan fingerprint density at radius 2 is 2.29 bits per heavy atom. The molecule has 3 aromatic rings. The van der Waals surface area contributed by atoms with E-state index in [0.717, 1.165) is 0 Å². The third kappa shape index (κ3) is 3.16. The topological polar surface area (TPSA) is 139 Å². The fourth-order valence-electron chi connectivity index (χ4n) is 1.87. The molecule has 0 bridgehead atoms. The molecule has 2 N–H and O–H groups in total. The van der Waals surface area contributed by atoms with Crippen LogP contribution in [0.5, 0.6) is 0 Å². The summed E-state index contributed by atoms with van der Waals surface area (Å²) in [5.41, 5.74) is 3.54. The summed E-state index contributed by atoms with van der Waals surface area (Å²) in [5.74, 6) is -0.596. The number of furan rings is 1. The van der Waals surface area contributed by atoms with Gasteiger partial charge in [-0.2, -0.15) is 10.2 Å². The van der Waals surface area contributed by atoms with Gasteiger partial charge in [0.1, 0.15) is 10.6 Å². The van der Waals surface area contributed by atoms with Crippen molar-refractivity contribution in [3.05, 3.63) is 64.1 Å². The first-order chi connectivity index (χ1) is 11.6. The molecule has 10 heteroatoms. The van der Waals surface area contributed by atoms with E-state index in [4.69, 9.17) is 4.42 Å².